The molecule has 1 aromatic heterocycles. The Kier molecular flexibility index (Phi) is 7.02. The molecule has 1 amide bonds. The maximum atomic E-state index is 13.1. The number of carbonyl (C=O) groups is 2. The fourth-order valence-corrected chi connectivity index (χ4v) is 3.69. The highest BCUT2D eigenvalue weighted by Crippen LogP contribution is 2.31. The van der Waals surface area contributed by atoms with Crippen molar-refractivity contribution in [2.75, 3.05) is 20.6 Å². The second-order valence-corrected chi connectivity index (χ2v) is 7.93. The van der Waals surface area contributed by atoms with Crippen molar-refractivity contribution in [3.63, 3.8) is 0 Å². The van der Waals surface area contributed by atoms with E-state index in [0.717, 1.165) is 17.7 Å². The summed E-state index contributed by atoms with van der Waals surface area (Å²) in [5.41, 5.74) is 0.943. The van der Waals surface area contributed by atoms with Crippen molar-refractivity contribution >= 4 is 11.7 Å². The molecule has 0 bridgehead atoms. The minimum absolute atomic E-state index is 0.0750. The lowest BCUT2D eigenvalue weighted by Gasteiger charge is -2.25. The zero-order chi connectivity index (χ0) is 24.3. The average Bonchev–Trinajstić information content (AvgIpc) is 3.07. The molecule has 3 aromatic rings. The van der Waals surface area contributed by atoms with Gasteiger partial charge in [0.05, 0.1) is 34.2 Å². The van der Waals surface area contributed by atoms with Crippen LogP contribution in [0.25, 0.3) is 5.69 Å². The third-order valence-corrected chi connectivity index (χ3v) is 5.41. The summed E-state index contributed by atoms with van der Waals surface area (Å²) in [5.74, 6) is -1.58. The van der Waals surface area contributed by atoms with Crippen LogP contribution >= 0.6 is 0 Å². The zero-order valence-corrected chi connectivity index (χ0v) is 18.8. The van der Waals surface area contributed by atoms with Crippen molar-refractivity contribution in [2.45, 2.75) is 26.1 Å². The summed E-state index contributed by atoms with van der Waals surface area (Å²) in [4.78, 5) is 27.5. The van der Waals surface area contributed by atoms with Crippen molar-refractivity contribution in [1.82, 2.24) is 20.0 Å². The molecule has 1 heterocycles. The molecule has 9 heteroatoms. The van der Waals surface area contributed by atoms with Gasteiger partial charge in [0.1, 0.15) is 0 Å². The van der Waals surface area contributed by atoms with Crippen LogP contribution in [0.15, 0.2) is 54.6 Å². The van der Waals surface area contributed by atoms with Gasteiger partial charge in [-0.15, -0.1) is 0 Å². The van der Waals surface area contributed by atoms with Gasteiger partial charge < -0.3 is 10.2 Å². The Balaban J connectivity index is 1.82. The van der Waals surface area contributed by atoms with Gasteiger partial charge in [-0.1, -0.05) is 36.4 Å². The molecule has 1 N–H and O–H groups in total. The quantitative estimate of drug-likeness (QED) is 0.428. The highest BCUT2D eigenvalue weighted by atomic mass is 19.4. The summed E-state index contributed by atoms with van der Waals surface area (Å²) in [5, 5.41) is 6.90. The molecule has 2 aromatic carbocycles. The van der Waals surface area contributed by atoms with Crippen LogP contribution in [0.3, 0.4) is 0 Å². The molecule has 0 saturated heterocycles. The highest BCUT2D eigenvalue weighted by Gasteiger charge is 2.31. The summed E-state index contributed by atoms with van der Waals surface area (Å²) in [7, 11) is 3.75. The maximum absolute atomic E-state index is 13.1. The van der Waals surface area contributed by atoms with E-state index in [1.165, 1.54) is 16.8 Å². The Bertz CT molecular complexity index is 1150. The fraction of sp³-hybridized carbons (Fsp3) is 0.292. The number of amides is 1. The van der Waals surface area contributed by atoms with Gasteiger partial charge in [0.15, 0.2) is 0 Å². The molecule has 0 saturated carbocycles. The second-order valence-electron chi connectivity index (χ2n) is 7.93. The SMILES string of the molecule is Cc1nn(-c2cccc(C(F)(F)F)c2)c(C)c1C(=O)C(=O)NC[C@H](c1ccccc1)N(C)C. The lowest BCUT2D eigenvalue weighted by molar-refractivity contribution is -0.137. The standard InChI is InChI=1S/C24H25F3N4O2/c1-15-21(16(2)31(29-15)19-12-8-11-18(13-19)24(25,26)27)22(32)23(33)28-14-20(30(3)4)17-9-6-5-7-10-17/h5-13,20H,14H2,1-4H3,(H,28,33)/t20-/m1/s1. The summed E-state index contributed by atoms with van der Waals surface area (Å²) in [6, 6.07) is 14.1. The van der Waals surface area contributed by atoms with Crippen molar-refractivity contribution in [2.24, 2.45) is 0 Å². The number of halogens is 3. The predicted molar refractivity (Wildman–Crippen MR) is 118 cm³/mol. The summed E-state index contributed by atoms with van der Waals surface area (Å²) < 4.78 is 40.5. The van der Waals surface area contributed by atoms with E-state index < -0.39 is 23.4 Å². The maximum Gasteiger partial charge on any atom is 0.416 e. The lowest BCUT2D eigenvalue weighted by Crippen LogP contribution is -2.38. The molecule has 6 nitrogen and oxygen atoms in total. The number of aryl methyl sites for hydroxylation is 1. The number of likely N-dealkylation sites (N-methyl/N-ethyl adjacent to an activating group) is 1. The van der Waals surface area contributed by atoms with Gasteiger partial charge in [-0.2, -0.15) is 18.3 Å². The second kappa shape index (κ2) is 9.58. The van der Waals surface area contributed by atoms with Gasteiger partial charge >= 0.3 is 6.18 Å². The van der Waals surface area contributed by atoms with Gasteiger partial charge in [-0.05, 0) is 51.7 Å². The zero-order valence-electron chi connectivity index (χ0n) is 18.8. The Morgan fingerprint density at radius 2 is 1.73 bits per heavy atom. The molecule has 174 valence electrons. The molecule has 1 atom stereocenters. The molecule has 0 aliphatic rings. The van der Waals surface area contributed by atoms with Crippen molar-refractivity contribution < 1.29 is 22.8 Å². The van der Waals surface area contributed by atoms with E-state index >= 15 is 0 Å². The first-order chi connectivity index (χ1) is 15.5. The molecule has 0 radical (unpaired) electrons. The van der Waals surface area contributed by atoms with Gasteiger partial charge in [0, 0.05) is 6.54 Å². The summed E-state index contributed by atoms with van der Waals surface area (Å²) in [6.07, 6.45) is -4.51. The number of hydrogen-bond acceptors (Lipinski definition) is 4. The summed E-state index contributed by atoms with van der Waals surface area (Å²) in [6.45, 7) is 3.30. The monoisotopic (exact) mass is 458 g/mol. The number of Topliss-reactive ketones (excluding diaryl/α,β-unsaturated/α-hetero) is 1. The van der Waals surface area contributed by atoms with Gasteiger partial charge in [-0.3, -0.25) is 9.59 Å². The number of alkyl halides is 3. The van der Waals surface area contributed by atoms with E-state index in [-0.39, 0.29) is 29.5 Å². The van der Waals surface area contributed by atoms with E-state index in [2.05, 4.69) is 10.4 Å². The number of benzene rings is 2. The van der Waals surface area contributed by atoms with E-state index in [1.807, 2.05) is 49.3 Å². The average molecular weight is 458 g/mol. The number of nitrogens with one attached hydrogen (secondary N) is 1. The van der Waals surface area contributed by atoms with E-state index in [4.69, 9.17) is 0 Å². The first kappa shape index (κ1) is 24.2. The predicted octanol–water partition coefficient (Wildman–Crippen LogP) is 4.11. The first-order valence-electron chi connectivity index (χ1n) is 10.3. The van der Waals surface area contributed by atoms with Crippen LogP contribution in [0, 0.1) is 13.8 Å². The molecular formula is C24H25F3N4O2. The van der Waals surface area contributed by atoms with Crippen LogP contribution in [0.2, 0.25) is 0 Å². The van der Waals surface area contributed by atoms with Crippen LogP contribution in [0.1, 0.15) is 38.9 Å². The normalized spacial score (nSPS) is 12.6. The van der Waals surface area contributed by atoms with Gasteiger partial charge in [-0.25, -0.2) is 4.68 Å². The lowest BCUT2D eigenvalue weighted by atomic mass is 10.1. The molecule has 33 heavy (non-hydrogen) atoms. The largest absolute Gasteiger partial charge is 0.416 e. The Hall–Kier alpha value is -3.46. The van der Waals surface area contributed by atoms with Gasteiger partial charge in [0.25, 0.3) is 11.7 Å². The molecule has 3 rings (SSSR count). The summed E-state index contributed by atoms with van der Waals surface area (Å²) >= 11 is 0. The Morgan fingerprint density at radius 3 is 2.33 bits per heavy atom. The van der Waals surface area contributed by atoms with E-state index in [1.54, 1.807) is 13.8 Å². The Labute approximate surface area is 190 Å². The van der Waals surface area contributed by atoms with Crippen molar-refractivity contribution in [1.29, 1.82) is 0 Å². The third kappa shape index (κ3) is 5.31. The molecule has 0 unspecified atom stereocenters. The van der Waals surface area contributed by atoms with Crippen LogP contribution in [0.5, 0.6) is 0 Å². The number of rotatable bonds is 7. The number of ketones is 1. The van der Waals surface area contributed by atoms with E-state index in [9.17, 15) is 22.8 Å². The highest BCUT2D eigenvalue weighted by molar-refractivity contribution is 6.43. The van der Waals surface area contributed by atoms with Crippen molar-refractivity contribution in [3.05, 3.63) is 82.7 Å². The van der Waals surface area contributed by atoms with Crippen LogP contribution in [-0.2, 0) is 11.0 Å². The van der Waals surface area contributed by atoms with Crippen LogP contribution in [0.4, 0.5) is 13.2 Å². The van der Waals surface area contributed by atoms with Crippen LogP contribution in [-0.4, -0.2) is 47.0 Å². The Morgan fingerprint density at radius 1 is 1.06 bits per heavy atom. The molecule has 0 fully saturated rings. The fourth-order valence-electron chi connectivity index (χ4n) is 3.69. The molecular weight excluding hydrogens is 433 g/mol. The van der Waals surface area contributed by atoms with Crippen LogP contribution < -0.4 is 5.32 Å². The smallest absolute Gasteiger partial charge is 0.347 e. The molecule has 0 aliphatic carbocycles. The minimum Gasteiger partial charge on any atom is -0.347 e. The van der Waals surface area contributed by atoms with Gasteiger partial charge in [0.2, 0.25) is 0 Å². The number of aromatic nitrogens is 2. The number of nitrogens with zero attached hydrogens (tertiary/aromatic N) is 3. The molecule has 0 aliphatic heterocycles. The van der Waals surface area contributed by atoms with E-state index in [0.29, 0.717) is 5.69 Å². The van der Waals surface area contributed by atoms with Crippen molar-refractivity contribution in [3.8, 4) is 5.69 Å². The third-order valence-electron chi connectivity index (χ3n) is 5.41. The first-order valence-corrected chi connectivity index (χ1v) is 10.3. The number of hydrogen-bond donors (Lipinski definition) is 1. The molecule has 0 spiro atoms. The minimum atomic E-state index is -4.51. The number of carbonyl (C=O) groups excluding carboxylic acids is 2. The topological polar surface area (TPSA) is 67.2 Å².